The molecule has 0 spiro atoms. The van der Waals surface area contributed by atoms with E-state index in [2.05, 4.69) is 5.32 Å². The van der Waals surface area contributed by atoms with Crippen molar-refractivity contribution in [2.24, 2.45) is 0 Å². The van der Waals surface area contributed by atoms with Gasteiger partial charge in [0.15, 0.2) is 0 Å². The van der Waals surface area contributed by atoms with Crippen molar-refractivity contribution in [3.8, 4) is 0 Å². The summed E-state index contributed by atoms with van der Waals surface area (Å²) in [6, 6.07) is 11.7. The minimum absolute atomic E-state index is 0.166. The number of halogens is 1. The number of hydrogen-bond donors (Lipinski definition) is 1. The van der Waals surface area contributed by atoms with Crippen LogP contribution in [0.15, 0.2) is 42.5 Å². The number of rotatable bonds is 8. The lowest BCUT2D eigenvalue weighted by molar-refractivity contribution is -0.139. The Labute approximate surface area is 189 Å². The molecule has 31 heavy (non-hydrogen) atoms. The summed E-state index contributed by atoms with van der Waals surface area (Å²) in [6.07, 6.45) is 1.03. The van der Waals surface area contributed by atoms with Gasteiger partial charge in [0, 0.05) is 18.6 Å². The third-order valence-electron chi connectivity index (χ3n) is 5.01. The average molecular weight is 466 g/mol. The summed E-state index contributed by atoms with van der Waals surface area (Å²) in [4.78, 5) is 27.0. The maximum absolute atomic E-state index is 13.3. The smallest absolute Gasteiger partial charge is 0.244 e. The molecule has 0 aliphatic heterocycles. The van der Waals surface area contributed by atoms with E-state index in [1.165, 1.54) is 18.0 Å². The Morgan fingerprint density at radius 2 is 1.71 bits per heavy atom. The monoisotopic (exact) mass is 465 g/mol. The lowest BCUT2D eigenvalue weighted by Crippen LogP contribution is -2.50. The molecule has 2 aromatic rings. The lowest BCUT2D eigenvalue weighted by atomic mass is 10.1. The molecule has 7 nitrogen and oxygen atoms in total. The van der Waals surface area contributed by atoms with E-state index in [9.17, 15) is 18.0 Å². The standard InChI is InChI=1S/C22H28ClN3O4S/c1-15-6-9-18(10-7-15)13-25(17(3)22(28)24-4)21(27)14-26(31(5,29)30)20-12-19(23)11-8-16(20)2/h6-12,17H,13-14H2,1-5H3,(H,24,28)/t17-/m0/s1. The van der Waals surface area contributed by atoms with Crippen LogP contribution >= 0.6 is 11.6 Å². The average Bonchev–Trinajstić information content (AvgIpc) is 2.71. The molecule has 0 aliphatic rings. The highest BCUT2D eigenvalue weighted by molar-refractivity contribution is 7.92. The number of anilines is 1. The molecule has 0 aliphatic carbocycles. The number of benzene rings is 2. The van der Waals surface area contributed by atoms with Crippen LogP contribution in [0.25, 0.3) is 0 Å². The predicted octanol–water partition coefficient (Wildman–Crippen LogP) is 2.89. The van der Waals surface area contributed by atoms with Gasteiger partial charge >= 0.3 is 0 Å². The summed E-state index contributed by atoms with van der Waals surface area (Å²) in [5.41, 5.74) is 2.89. The minimum Gasteiger partial charge on any atom is -0.357 e. The molecule has 0 saturated carbocycles. The summed E-state index contributed by atoms with van der Waals surface area (Å²) < 4.78 is 26.1. The highest BCUT2D eigenvalue weighted by atomic mass is 35.5. The molecule has 1 N–H and O–H groups in total. The number of carbonyl (C=O) groups is 2. The maximum atomic E-state index is 13.3. The molecule has 0 radical (unpaired) electrons. The number of carbonyl (C=O) groups excluding carboxylic acids is 2. The van der Waals surface area contributed by atoms with Gasteiger partial charge in [-0.25, -0.2) is 8.42 Å². The second-order valence-corrected chi connectivity index (χ2v) is 9.84. The van der Waals surface area contributed by atoms with Gasteiger partial charge in [-0.2, -0.15) is 0 Å². The van der Waals surface area contributed by atoms with Crippen molar-refractivity contribution < 1.29 is 18.0 Å². The van der Waals surface area contributed by atoms with E-state index in [0.717, 1.165) is 21.7 Å². The Bertz CT molecular complexity index is 1050. The Hall–Kier alpha value is -2.58. The number of sulfonamides is 1. The molecule has 0 aromatic heterocycles. The largest absolute Gasteiger partial charge is 0.357 e. The predicted molar refractivity (Wildman–Crippen MR) is 124 cm³/mol. The summed E-state index contributed by atoms with van der Waals surface area (Å²) in [7, 11) is -2.30. The van der Waals surface area contributed by atoms with E-state index in [1.54, 1.807) is 26.0 Å². The van der Waals surface area contributed by atoms with Crippen molar-refractivity contribution in [1.29, 1.82) is 0 Å². The second kappa shape index (κ2) is 10.2. The normalized spacial score (nSPS) is 12.2. The zero-order valence-electron chi connectivity index (χ0n) is 18.3. The second-order valence-electron chi connectivity index (χ2n) is 7.50. The van der Waals surface area contributed by atoms with Crippen LogP contribution in [0.4, 0.5) is 5.69 Å². The Morgan fingerprint density at radius 3 is 2.26 bits per heavy atom. The van der Waals surface area contributed by atoms with E-state index < -0.39 is 28.5 Å². The molecule has 0 saturated heterocycles. The van der Waals surface area contributed by atoms with Gasteiger partial charge in [-0.3, -0.25) is 13.9 Å². The van der Waals surface area contributed by atoms with Crippen LogP contribution in [0.1, 0.15) is 23.6 Å². The minimum atomic E-state index is -3.79. The summed E-state index contributed by atoms with van der Waals surface area (Å²) in [6.45, 7) is 5.02. The van der Waals surface area contributed by atoms with E-state index in [1.807, 2.05) is 31.2 Å². The molecular formula is C22H28ClN3O4S. The van der Waals surface area contributed by atoms with E-state index in [4.69, 9.17) is 11.6 Å². The Balaban J connectivity index is 2.42. The third-order valence-corrected chi connectivity index (χ3v) is 6.37. The summed E-state index contributed by atoms with van der Waals surface area (Å²) >= 11 is 6.07. The van der Waals surface area contributed by atoms with Gasteiger partial charge in [0.25, 0.3) is 0 Å². The number of likely N-dealkylation sites (N-methyl/N-ethyl adjacent to an activating group) is 1. The highest BCUT2D eigenvalue weighted by Gasteiger charge is 2.30. The van der Waals surface area contributed by atoms with Gasteiger partial charge in [-0.1, -0.05) is 47.5 Å². The van der Waals surface area contributed by atoms with E-state index in [0.29, 0.717) is 16.3 Å². The third kappa shape index (κ3) is 6.45. The molecule has 0 unspecified atom stereocenters. The zero-order chi connectivity index (χ0) is 23.3. The van der Waals surface area contributed by atoms with Gasteiger partial charge in [0.2, 0.25) is 21.8 Å². The summed E-state index contributed by atoms with van der Waals surface area (Å²) in [5, 5.41) is 2.90. The fourth-order valence-corrected chi connectivity index (χ4v) is 4.19. The van der Waals surface area contributed by atoms with Gasteiger partial charge in [0.1, 0.15) is 12.6 Å². The van der Waals surface area contributed by atoms with Gasteiger partial charge < -0.3 is 10.2 Å². The van der Waals surface area contributed by atoms with Crippen LogP contribution in [0.3, 0.4) is 0 Å². The van der Waals surface area contributed by atoms with Crippen LogP contribution < -0.4 is 9.62 Å². The molecule has 2 rings (SSSR count). The molecule has 9 heteroatoms. The van der Waals surface area contributed by atoms with Crippen LogP contribution in [0.2, 0.25) is 5.02 Å². The maximum Gasteiger partial charge on any atom is 0.244 e. The topological polar surface area (TPSA) is 86.8 Å². The molecule has 0 heterocycles. The fourth-order valence-electron chi connectivity index (χ4n) is 3.13. The first-order valence-electron chi connectivity index (χ1n) is 9.74. The van der Waals surface area contributed by atoms with Crippen molar-refractivity contribution in [1.82, 2.24) is 10.2 Å². The number of nitrogens with one attached hydrogen (secondary N) is 1. The Kier molecular flexibility index (Phi) is 8.08. The lowest BCUT2D eigenvalue weighted by Gasteiger charge is -2.31. The fraction of sp³-hybridized carbons (Fsp3) is 0.364. The first-order valence-corrected chi connectivity index (χ1v) is 12.0. The molecule has 168 valence electrons. The molecule has 0 fully saturated rings. The molecule has 2 amide bonds. The summed E-state index contributed by atoms with van der Waals surface area (Å²) in [5.74, 6) is -0.841. The van der Waals surface area contributed by atoms with Crippen LogP contribution in [-0.4, -0.2) is 51.0 Å². The van der Waals surface area contributed by atoms with Gasteiger partial charge in [0.05, 0.1) is 11.9 Å². The van der Waals surface area contributed by atoms with E-state index in [-0.39, 0.29) is 12.5 Å². The number of aryl methyl sites for hydroxylation is 2. The van der Waals surface area contributed by atoms with Gasteiger partial charge in [-0.15, -0.1) is 0 Å². The Morgan fingerprint density at radius 1 is 1.10 bits per heavy atom. The van der Waals surface area contributed by atoms with Gasteiger partial charge in [-0.05, 0) is 44.0 Å². The van der Waals surface area contributed by atoms with Crippen molar-refractivity contribution in [2.45, 2.75) is 33.4 Å². The highest BCUT2D eigenvalue weighted by Crippen LogP contribution is 2.26. The number of amides is 2. The first kappa shape index (κ1) is 24.7. The molecule has 2 aromatic carbocycles. The van der Waals surface area contributed by atoms with Crippen molar-refractivity contribution in [3.05, 3.63) is 64.2 Å². The molecule has 0 bridgehead atoms. The quantitative estimate of drug-likeness (QED) is 0.649. The SMILES string of the molecule is CNC(=O)[C@H](C)N(Cc1ccc(C)cc1)C(=O)CN(c1cc(Cl)ccc1C)S(C)(=O)=O. The van der Waals surface area contributed by atoms with Crippen LogP contribution in [-0.2, 0) is 26.2 Å². The first-order chi connectivity index (χ1) is 14.4. The van der Waals surface area contributed by atoms with Crippen LogP contribution in [0.5, 0.6) is 0 Å². The molecule has 1 atom stereocenters. The number of nitrogens with zero attached hydrogens (tertiary/aromatic N) is 2. The van der Waals surface area contributed by atoms with Crippen molar-refractivity contribution in [2.75, 3.05) is 24.2 Å². The van der Waals surface area contributed by atoms with Crippen molar-refractivity contribution >= 4 is 39.1 Å². The molecular weight excluding hydrogens is 438 g/mol. The van der Waals surface area contributed by atoms with Crippen molar-refractivity contribution in [3.63, 3.8) is 0 Å². The number of hydrogen-bond acceptors (Lipinski definition) is 4. The zero-order valence-corrected chi connectivity index (χ0v) is 19.9. The van der Waals surface area contributed by atoms with Crippen LogP contribution in [0, 0.1) is 13.8 Å². The van der Waals surface area contributed by atoms with E-state index >= 15 is 0 Å².